The van der Waals surface area contributed by atoms with Crippen molar-refractivity contribution in [2.24, 2.45) is 5.92 Å². The van der Waals surface area contributed by atoms with Crippen molar-refractivity contribution >= 4 is 5.97 Å². The summed E-state index contributed by atoms with van der Waals surface area (Å²) in [4.78, 5) is 11.2. The van der Waals surface area contributed by atoms with Gasteiger partial charge in [0.2, 0.25) is 0 Å². The fraction of sp³-hybridized carbons (Fsp3) is 0.700. The summed E-state index contributed by atoms with van der Waals surface area (Å²) in [5.41, 5.74) is 2.13. The first-order valence-corrected chi connectivity index (χ1v) is 4.59. The van der Waals surface area contributed by atoms with E-state index in [0.717, 1.165) is 18.4 Å². The Bertz CT molecular complexity index is 253. The van der Waals surface area contributed by atoms with Crippen molar-refractivity contribution in [3.05, 3.63) is 11.1 Å². The van der Waals surface area contributed by atoms with Gasteiger partial charge in [0.25, 0.3) is 0 Å². The Balaban J connectivity index is 2.23. The van der Waals surface area contributed by atoms with E-state index in [1.807, 2.05) is 6.92 Å². The van der Waals surface area contributed by atoms with E-state index in [2.05, 4.69) is 6.92 Å². The Morgan fingerprint density at radius 3 is 3.00 bits per heavy atom. The van der Waals surface area contributed by atoms with Crippen molar-refractivity contribution in [2.45, 2.75) is 39.2 Å². The molecule has 1 saturated carbocycles. The lowest BCUT2D eigenvalue weighted by Crippen LogP contribution is -2.20. The molecule has 1 unspecified atom stereocenters. The third-order valence-corrected chi connectivity index (χ3v) is 2.95. The Morgan fingerprint density at radius 2 is 2.25 bits per heavy atom. The number of rotatable bonds is 0. The van der Waals surface area contributed by atoms with Crippen molar-refractivity contribution in [1.29, 1.82) is 0 Å². The van der Waals surface area contributed by atoms with Gasteiger partial charge in [-0.15, -0.1) is 0 Å². The van der Waals surface area contributed by atoms with Crippen LogP contribution in [0.5, 0.6) is 0 Å². The number of esters is 1. The van der Waals surface area contributed by atoms with Gasteiger partial charge in [0.15, 0.2) is 0 Å². The van der Waals surface area contributed by atoms with Gasteiger partial charge in [-0.3, -0.25) is 0 Å². The molecule has 0 aromatic carbocycles. The van der Waals surface area contributed by atoms with Gasteiger partial charge in [-0.1, -0.05) is 6.92 Å². The fourth-order valence-corrected chi connectivity index (χ4v) is 2.09. The Kier molecular flexibility index (Phi) is 1.71. The van der Waals surface area contributed by atoms with E-state index in [4.69, 9.17) is 4.74 Å². The molecule has 2 atom stereocenters. The van der Waals surface area contributed by atoms with Crippen molar-refractivity contribution in [1.82, 2.24) is 0 Å². The maximum Gasteiger partial charge on any atom is 0.334 e. The third-order valence-electron chi connectivity index (χ3n) is 2.95. The molecule has 0 aromatic rings. The quantitative estimate of drug-likeness (QED) is 0.515. The number of fused-ring (bicyclic) bond motifs is 1. The smallest absolute Gasteiger partial charge is 0.334 e. The summed E-state index contributed by atoms with van der Waals surface area (Å²) in [5.74, 6) is 0.613. The molecular formula is C10H14O2. The standard InChI is InChI=1S/C10H14O2/c1-6-3-4-8-7(2)10(11)12-9(8)5-6/h6,9H,3-5H2,1-2H3/t6-,9?/m0/s1. The molecular weight excluding hydrogens is 152 g/mol. The number of carbonyl (C=O) groups excluding carboxylic acids is 1. The number of ether oxygens (including phenoxy) is 1. The fourth-order valence-electron chi connectivity index (χ4n) is 2.09. The maximum absolute atomic E-state index is 11.2. The summed E-state index contributed by atoms with van der Waals surface area (Å²) in [6.45, 7) is 4.10. The summed E-state index contributed by atoms with van der Waals surface area (Å²) in [6, 6.07) is 0. The Labute approximate surface area is 72.6 Å². The second-order valence-corrected chi connectivity index (χ2v) is 3.92. The molecule has 0 amide bonds. The van der Waals surface area contributed by atoms with Crippen LogP contribution < -0.4 is 0 Å². The molecule has 0 aromatic heterocycles. The summed E-state index contributed by atoms with van der Waals surface area (Å²) >= 11 is 0. The van der Waals surface area contributed by atoms with E-state index < -0.39 is 0 Å². The molecule has 12 heavy (non-hydrogen) atoms. The van der Waals surface area contributed by atoms with Crippen LogP contribution in [0.15, 0.2) is 11.1 Å². The Hall–Kier alpha value is -0.790. The molecule has 2 heteroatoms. The van der Waals surface area contributed by atoms with Crippen LogP contribution in [-0.4, -0.2) is 12.1 Å². The Morgan fingerprint density at radius 1 is 1.50 bits per heavy atom. The normalized spacial score (nSPS) is 35.0. The van der Waals surface area contributed by atoms with Gasteiger partial charge in [-0.25, -0.2) is 4.79 Å². The van der Waals surface area contributed by atoms with Gasteiger partial charge < -0.3 is 4.74 Å². The zero-order valence-corrected chi connectivity index (χ0v) is 7.59. The molecule has 2 aliphatic rings. The summed E-state index contributed by atoms with van der Waals surface area (Å²) < 4.78 is 5.23. The molecule has 1 aliphatic carbocycles. The first-order chi connectivity index (χ1) is 5.68. The van der Waals surface area contributed by atoms with E-state index in [9.17, 15) is 4.79 Å². The molecule has 1 heterocycles. The second kappa shape index (κ2) is 2.61. The predicted molar refractivity (Wildman–Crippen MR) is 45.6 cm³/mol. The highest BCUT2D eigenvalue weighted by atomic mass is 16.5. The van der Waals surface area contributed by atoms with Crippen molar-refractivity contribution < 1.29 is 9.53 Å². The predicted octanol–water partition coefficient (Wildman–Crippen LogP) is 2.05. The minimum atomic E-state index is -0.0934. The first-order valence-electron chi connectivity index (χ1n) is 4.59. The molecule has 2 rings (SSSR count). The van der Waals surface area contributed by atoms with Crippen LogP contribution in [0.4, 0.5) is 0 Å². The molecule has 0 bridgehead atoms. The van der Waals surface area contributed by atoms with Crippen molar-refractivity contribution in [3.8, 4) is 0 Å². The van der Waals surface area contributed by atoms with Crippen LogP contribution in [0.3, 0.4) is 0 Å². The van der Waals surface area contributed by atoms with Crippen LogP contribution in [0, 0.1) is 5.92 Å². The average molecular weight is 166 g/mol. The van der Waals surface area contributed by atoms with Crippen molar-refractivity contribution in [3.63, 3.8) is 0 Å². The van der Waals surface area contributed by atoms with E-state index in [0.29, 0.717) is 5.92 Å². The summed E-state index contributed by atoms with van der Waals surface area (Å²) in [5, 5.41) is 0. The highest BCUT2D eigenvalue weighted by Gasteiger charge is 2.34. The lowest BCUT2D eigenvalue weighted by molar-refractivity contribution is -0.140. The molecule has 2 nitrogen and oxygen atoms in total. The number of hydrogen-bond acceptors (Lipinski definition) is 2. The van der Waals surface area contributed by atoms with Crippen molar-refractivity contribution in [2.75, 3.05) is 0 Å². The van der Waals surface area contributed by atoms with E-state index in [1.54, 1.807) is 0 Å². The SMILES string of the molecule is CC1=C2CC[C@H](C)CC2OC1=O. The largest absolute Gasteiger partial charge is 0.454 e. The minimum Gasteiger partial charge on any atom is -0.454 e. The van der Waals surface area contributed by atoms with Crippen LogP contribution in [0.25, 0.3) is 0 Å². The minimum absolute atomic E-state index is 0.0934. The number of hydrogen-bond donors (Lipinski definition) is 0. The summed E-state index contributed by atoms with van der Waals surface area (Å²) in [7, 11) is 0. The zero-order chi connectivity index (χ0) is 8.72. The van der Waals surface area contributed by atoms with Crippen LogP contribution in [0.2, 0.25) is 0 Å². The molecule has 66 valence electrons. The lowest BCUT2D eigenvalue weighted by atomic mass is 9.84. The third kappa shape index (κ3) is 1.06. The van der Waals surface area contributed by atoms with Gasteiger partial charge >= 0.3 is 5.97 Å². The second-order valence-electron chi connectivity index (χ2n) is 3.92. The molecule has 1 fully saturated rings. The number of carbonyl (C=O) groups is 1. The van der Waals surface area contributed by atoms with Gasteiger partial charge in [-0.05, 0) is 37.7 Å². The van der Waals surface area contributed by atoms with Gasteiger partial charge in [0.05, 0.1) is 0 Å². The van der Waals surface area contributed by atoms with Gasteiger partial charge in [0, 0.05) is 5.57 Å². The zero-order valence-electron chi connectivity index (χ0n) is 7.59. The van der Waals surface area contributed by atoms with Crippen LogP contribution >= 0.6 is 0 Å². The molecule has 0 N–H and O–H groups in total. The maximum atomic E-state index is 11.2. The highest BCUT2D eigenvalue weighted by molar-refractivity contribution is 5.91. The molecule has 0 saturated heterocycles. The molecule has 1 aliphatic heterocycles. The monoisotopic (exact) mass is 166 g/mol. The van der Waals surface area contributed by atoms with E-state index in [-0.39, 0.29) is 12.1 Å². The van der Waals surface area contributed by atoms with Gasteiger partial charge in [0.1, 0.15) is 6.10 Å². The van der Waals surface area contributed by atoms with Crippen LogP contribution in [0.1, 0.15) is 33.1 Å². The summed E-state index contributed by atoms with van der Waals surface area (Å²) in [6.07, 6.45) is 3.42. The van der Waals surface area contributed by atoms with Crippen LogP contribution in [-0.2, 0) is 9.53 Å². The lowest BCUT2D eigenvalue weighted by Gasteiger charge is -2.24. The molecule has 0 radical (unpaired) electrons. The average Bonchev–Trinajstić information content (AvgIpc) is 2.28. The topological polar surface area (TPSA) is 26.3 Å². The first kappa shape index (κ1) is 7.84. The van der Waals surface area contributed by atoms with E-state index in [1.165, 1.54) is 12.0 Å². The van der Waals surface area contributed by atoms with E-state index >= 15 is 0 Å². The molecule has 0 spiro atoms. The highest BCUT2D eigenvalue weighted by Crippen LogP contribution is 2.36. The van der Waals surface area contributed by atoms with Gasteiger partial charge in [-0.2, -0.15) is 0 Å².